The predicted molar refractivity (Wildman–Crippen MR) is 91.1 cm³/mol. The van der Waals surface area contributed by atoms with Crippen molar-refractivity contribution in [2.45, 2.75) is 40.0 Å². The highest BCUT2D eigenvalue weighted by Crippen LogP contribution is 2.40. The Balaban J connectivity index is 2.04. The van der Waals surface area contributed by atoms with Gasteiger partial charge in [-0.2, -0.15) is 0 Å². The van der Waals surface area contributed by atoms with E-state index in [1.807, 2.05) is 13.8 Å². The number of thiophene rings is 1. The highest BCUT2D eigenvalue weighted by Gasteiger charge is 2.30. The van der Waals surface area contributed by atoms with Crippen LogP contribution in [0.15, 0.2) is 22.8 Å². The van der Waals surface area contributed by atoms with Crippen molar-refractivity contribution in [3.8, 4) is 0 Å². The van der Waals surface area contributed by atoms with Gasteiger partial charge in [-0.25, -0.2) is 0 Å². The van der Waals surface area contributed by atoms with Crippen LogP contribution >= 0.6 is 11.3 Å². The van der Waals surface area contributed by atoms with E-state index in [0.29, 0.717) is 22.2 Å². The number of amides is 1. The minimum atomic E-state index is -0.138. The molecule has 1 amide bonds. The first-order valence-corrected chi connectivity index (χ1v) is 8.82. The van der Waals surface area contributed by atoms with Crippen LogP contribution in [0.25, 0.3) is 0 Å². The molecule has 2 heterocycles. The van der Waals surface area contributed by atoms with E-state index in [1.165, 1.54) is 11.1 Å². The number of hydrogen-bond acceptors (Lipinski definition) is 4. The van der Waals surface area contributed by atoms with Gasteiger partial charge in [0.25, 0.3) is 0 Å². The smallest absolute Gasteiger partial charge is 0.231 e. The molecule has 1 aliphatic rings. The lowest BCUT2D eigenvalue weighted by Gasteiger charge is -2.18. The van der Waals surface area contributed by atoms with Crippen molar-refractivity contribution >= 4 is 28.0 Å². The van der Waals surface area contributed by atoms with Crippen molar-refractivity contribution < 1.29 is 14.0 Å². The molecule has 0 fully saturated rings. The molecule has 23 heavy (non-hydrogen) atoms. The number of rotatable bonds is 4. The average molecular weight is 331 g/mol. The molecule has 0 saturated heterocycles. The summed E-state index contributed by atoms with van der Waals surface area (Å²) in [6.45, 7) is 5.92. The van der Waals surface area contributed by atoms with Gasteiger partial charge in [-0.1, -0.05) is 20.8 Å². The zero-order valence-electron chi connectivity index (χ0n) is 13.6. The Morgan fingerprint density at radius 3 is 2.83 bits per heavy atom. The normalized spacial score (nSPS) is 17.1. The predicted octanol–water partition coefficient (Wildman–Crippen LogP) is 4.29. The van der Waals surface area contributed by atoms with Gasteiger partial charge in [0, 0.05) is 10.8 Å². The Hall–Kier alpha value is -1.88. The number of nitrogens with one attached hydrogen (secondary N) is 1. The topological polar surface area (TPSA) is 59.3 Å². The number of ketones is 1. The minimum Gasteiger partial charge on any atom is -0.461 e. The van der Waals surface area contributed by atoms with Crippen molar-refractivity contribution in [3.63, 3.8) is 0 Å². The summed E-state index contributed by atoms with van der Waals surface area (Å²) in [5, 5.41) is 3.61. The SMILES string of the molecule is CC1CCc2c(sc(NC(=O)C(C)C)c2C(=O)c2ccco2)C1. The molecule has 0 aromatic carbocycles. The molecule has 2 aromatic rings. The second-order valence-corrected chi connectivity index (χ2v) is 7.61. The van der Waals surface area contributed by atoms with E-state index in [4.69, 9.17) is 4.42 Å². The number of carbonyl (C=O) groups is 2. The molecule has 3 rings (SSSR count). The second kappa shape index (κ2) is 6.32. The zero-order chi connectivity index (χ0) is 16.6. The highest BCUT2D eigenvalue weighted by atomic mass is 32.1. The Kier molecular flexibility index (Phi) is 4.39. The third-order valence-electron chi connectivity index (χ3n) is 4.24. The summed E-state index contributed by atoms with van der Waals surface area (Å²) in [5.41, 5.74) is 1.72. The molecule has 0 saturated carbocycles. The molecule has 0 spiro atoms. The Bertz CT molecular complexity index is 728. The van der Waals surface area contributed by atoms with E-state index < -0.39 is 0 Å². The number of fused-ring (bicyclic) bond motifs is 1. The van der Waals surface area contributed by atoms with E-state index in [2.05, 4.69) is 12.2 Å². The van der Waals surface area contributed by atoms with Gasteiger partial charge in [0.05, 0.1) is 11.8 Å². The molecule has 1 unspecified atom stereocenters. The zero-order valence-corrected chi connectivity index (χ0v) is 14.5. The van der Waals surface area contributed by atoms with Gasteiger partial charge in [-0.3, -0.25) is 9.59 Å². The van der Waals surface area contributed by atoms with Crippen molar-refractivity contribution in [1.82, 2.24) is 0 Å². The Morgan fingerprint density at radius 1 is 1.39 bits per heavy atom. The van der Waals surface area contributed by atoms with Crippen molar-refractivity contribution in [1.29, 1.82) is 0 Å². The summed E-state index contributed by atoms with van der Waals surface area (Å²) in [5.74, 6) is 0.608. The van der Waals surface area contributed by atoms with E-state index in [-0.39, 0.29) is 17.6 Å². The van der Waals surface area contributed by atoms with Gasteiger partial charge in [0.15, 0.2) is 5.76 Å². The van der Waals surface area contributed by atoms with Crippen LogP contribution in [0.1, 0.15) is 53.8 Å². The third-order valence-corrected chi connectivity index (χ3v) is 5.41. The highest BCUT2D eigenvalue weighted by molar-refractivity contribution is 7.17. The van der Waals surface area contributed by atoms with E-state index in [1.54, 1.807) is 23.5 Å². The van der Waals surface area contributed by atoms with Gasteiger partial charge in [-0.15, -0.1) is 11.3 Å². The number of carbonyl (C=O) groups excluding carboxylic acids is 2. The van der Waals surface area contributed by atoms with Crippen LogP contribution in [0.4, 0.5) is 5.00 Å². The van der Waals surface area contributed by atoms with Gasteiger partial charge >= 0.3 is 0 Å². The van der Waals surface area contributed by atoms with Crippen LogP contribution in [0, 0.1) is 11.8 Å². The summed E-state index contributed by atoms with van der Waals surface area (Å²) in [7, 11) is 0. The summed E-state index contributed by atoms with van der Waals surface area (Å²) in [4.78, 5) is 26.2. The van der Waals surface area contributed by atoms with Crippen LogP contribution in [0.3, 0.4) is 0 Å². The molecule has 1 atom stereocenters. The lowest BCUT2D eigenvalue weighted by Crippen LogP contribution is -2.19. The molecular formula is C18H21NO3S. The first-order valence-electron chi connectivity index (χ1n) is 8.01. The standard InChI is InChI=1S/C18H21NO3S/c1-10(2)17(21)19-18-15(16(20)13-5-4-8-22-13)12-7-6-11(3)9-14(12)23-18/h4-5,8,10-11H,6-7,9H2,1-3H3,(H,19,21). The quantitative estimate of drug-likeness (QED) is 0.850. The molecular weight excluding hydrogens is 310 g/mol. The van der Waals surface area contributed by atoms with Gasteiger partial charge in [-0.05, 0) is 42.9 Å². The minimum absolute atomic E-state index is 0.0647. The summed E-state index contributed by atoms with van der Waals surface area (Å²) in [6, 6.07) is 3.38. The number of furan rings is 1. The first kappa shape index (κ1) is 16.0. The van der Waals surface area contributed by atoms with Crippen molar-refractivity contribution in [2.24, 2.45) is 11.8 Å². The molecule has 1 aliphatic carbocycles. The molecule has 122 valence electrons. The van der Waals surface area contributed by atoms with Crippen LogP contribution in [0.5, 0.6) is 0 Å². The molecule has 2 aromatic heterocycles. The lowest BCUT2D eigenvalue weighted by atomic mass is 9.87. The summed E-state index contributed by atoms with van der Waals surface area (Å²) < 4.78 is 5.28. The van der Waals surface area contributed by atoms with Gasteiger partial charge in [0.2, 0.25) is 11.7 Å². The van der Waals surface area contributed by atoms with Crippen LogP contribution in [-0.4, -0.2) is 11.7 Å². The van der Waals surface area contributed by atoms with Crippen LogP contribution in [0.2, 0.25) is 0 Å². The second-order valence-electron chi connectivity index (χ2n) is 6.51. The molecule has 0 radical (unpaired) electrons. The monoisotopic (exact) mass is 331 g/mol. The molecule has 0 bridgehead atoms. The Labute approximate surface area is 139 Å². The van der Waals surface area contributed by atoms with E-state index >= 15 is 0 Å². The summed E-state index contributed by atoms with van der Waals surface area (Å²) >= 11 is 1.54. The number of hydrogen-bond donors (Lipinski definition) is 1. The molecule has 5 heteroatoms. The maximum absolute atomic E-state index is 12.9. The van der Waals surface area contributed by atoms with Gasteiger partial charge < -0.3 is 9.73 Å². The van der Waals surface area contributed by atoms with E-state index in [0.717, 1.165) is 24.8 Å². The fourth-order valence-electron chi connectivity index (χ4n) is 2.87. The van der Waals surface area contributed by atoms with Crippen molar-refractivity contribution in [2.75, 3.05) is 5.32 Å². The van der Waals surface area contributed by atoms with Gasteiger partial charge in [0.1, 0.15) is 5.00 Å². The summed E-state index contributed by atoms with van der Waals surface area (Å²) in [6.07, 6.45) is 4.42. The van der Waals surface area contributed by atoms with Crippen molar-refractivity contribution in [3.05, 3.63) is 40.2 Å². The molecule has 1 N–H and O–H groups in total. The Morgan fingerprint density at radius 2 is 2.17 bits per heavy atom. The fourth-order valence-corrected chi connectivity index (χ4v) is 4.28. The lowest BCUT2D eigenvalue weighted by molar-refractivity contribution is -0.118. The maximum atomic E-state index is 12.9. The largest absolute Gasteiger partial charge is 0.461 e. The average Bonchev–Trinajstić information content (AvgIpc) is 3.13. The molecule has 4 nitrogen and oxygen atoms in total. The fraction of sp³-hybridized carbons (Fsp3) is 0.444. The third kappa shape index (κ3) is 3.11. The first-order chi connectivity index (χ1) is 11.0. The van der Waals surface area contributed by atoms with E-state index in [9.17, 15) is 9.59 Å². The molecule has 0 aliphatic heterocycles. The number of anilines is 1. The van der Waals surface area contributed by atoms with Crippen LogP contribution in [-0.2, 0) is 17.6 Å². The maximum Gasteiger partial charge on any atom is 0.231 e. The van der Waals surface area contributed by atoms with Crippen LogP contribution < -0.4 is 5.32 Å².